The van der Waals surface area contributed by atoms with E-state index < -0.39 is 0 Å². The zero-order valence-electron chi connectivity index (χ0n) is 9.93. The molecule has 4 nitrogen and oxygen atoms in total. The quantitative estimate of drug-likeness (QED) is 0.723. The molecule has 0 aromatic carbocycles. The minimum atomic E-state index is -0.369. The third-order valence-electron chi connectivity index (χ3n) is 2.80. The van der Waals surface area contributed by atoms with E-state index in [1.54, 1.807) is 7.11 Å². The van der Waals surface area contributed by atoms with Crippen LogP contribution in [0.25, 0.3) is 0 Å². The standard InChI is InChI=1S/C11H22N2O2/c1-11(2,15-3)7-10(14)13-9-5-4-6-12-8-9/h9,12H,4-8H2,1-3H3,(H,13,14)/t9-/m1/s1. The van der Waals surface area contributed by atoms with Crippen LogP contribution in [-0.4, -0.2) is 37.7 Å². The van der Waals surface area contributed by atoms with E-state index in [1.165, 1.54) is 0 Å². The molecule has 2 N–H and O–H groups in total. The number of piperidine rings is 1. The van der Waals surface area contributed by atoms with E-state index in [2.05, 4.69) is 10.6 Å². The lowest BCUT2D eigenvalue weighted by Crippen LogP contribution is -2.47. The first-order valence-electron chi connectivity index (χ1n) is 5.59. The molecule has 0 spiro atoms. The van der Waals surface area contributed by atoms with Crippen LogP contribution < -0.4 is 10.6 Å². The molecule has 4 heteroatoms. The fourth-order valence-corrected chi connectivity index (χ4v) is 1.71. The van der Waals surface area contributed by atoms with Crippen molar-refractivity contribution < 1.29 is 9.53 Å². The summed E-state index contributed by atoms with van der Waals surface area (Å²) in [4.78, 5) is 11.7. The number of rotatable bonds is 4. The van der Waals surface area contributed by atoms with Crippen molar-refractivity contribution in [2.45, 2.75) is 44.8 Å². The molecular weight excluding hydrogens is 192 g/mol. The highest BCUT2D eigenvalue weighted by atomic mass is 16.5. The Morgan fingerprint density at radius 2 is 2.33 bits per heavy atom. The topological polar surface area (TPSA) is 50.4 Å². The predicted molar refractivity (Wildman–Crippen MR) is 59.7 cm³/mol. The molecule has 1 fully saturated rings. The molecule has 15 heavy (non-hydrogen) atoms. The van der Waals surface area contributed by atoms with Gasteiger partial charge in [-0.25, -0.2) is 0 Å². The maximum atomic E-state index is 11.7. The number of carbonyl (C=O) groups excluding carboxylic acids is 1. The Bertz CT molecular complexity index is 211. The van der Waals surface area contributed by atoms with Crippen molar-refractivity contribution in [2.24, 2.45) is 0 Å². The maximum Gasteiger partial charge on any atom is 0.223 e. The molecule has 1 amide bonds. The summed E-state index contributed by atoms with van der Waals surface area (Å²) in [5.41, 5.74) is -0.369. The van der Waals surface area contributed by atoms with Crippen molar-refractivity contribution in [3.8, 4) is 0 Å². The van der Waals surface area contributed by atoms with Crippen LogP contribution in [0.4, 0.5) is 0 Å². The highest BCUT2D eigenvalue weighted by Gasteiger charge is 2.23. The van der Waals surface area contributed by atoms with Crippen LogP contribution >= 0.6 is 0 Å². The number of hydrogen-bond donors (Lipinski definition) is 2. The van der Waals surface area contributed by atoms with E-state index in [0.29, 0.717) is 12.5 Å². The average Bonchev–Trinajstić information content (AvgIpc) is 2.18. The van der Waals surface area contributed by atoms with Crippen LogP contribution in [0, 0.1) is 0 Å². The highest BCUT2D eigenvalue weighted by molar-refractivity contribution is 5.77. The monoisotopic (exact) mass is 214 g/mol. The Hall–Kier alpha value is -0.610. The van der Waals surface area contributed by atoms with Gasteiger partial charge in [-0.2, -0.15) is 0 Å². The molecular formula is C11H22N2O2. The number of hydrogen-bond acceptors (Lipinski definition) is 3. The Morgan fingerprint density at radius 1 is 1.60 bits per heavy atom. The van der Waals surface area contributed by atoms with E-state index in [-0.39, 0.29) is 11.5 Å². The lowest BCUT2D eigenvalue weighted by Gasteiger charge is -2.27. The molecule has 1 rings (SSSR count). The summed E-state index contributed by atoms with van der Waals surface area (Å²) in [6, 6.07) is 0.291. The minimum absolute atomic E-state index is 0.0792. The van der Waals surface area contributed by atoms with Gasteiger partial charge in [0.15, 0.2) is 0 Å². The van der Waals surface area contributed by atoms with Gasteiger partial charge in [-0.15, -0.1) is 0 Å². The van der Waals surface area contributed by atoms with Gasteiger partial charge in [0.1, 0.15) is 0 Å². The summed E-state index contributed by atoms with van der Waals surface area (Å²) < 4.78 is 5.22. The molecule has 0 saturated carbocycles. The van der Waals surface area contributed by atoms with Crippen molar-refractivity contribution in [1.82, 2.24) is 10.6 Å². The summed E-state index contributed by atoms with van der Waals surface area (Å²) in [5.74, 6) is 0.0792. The van der Waals surface area contributed by atoms with E-state index in [9.17, 15) is 4.79 Å². The van der Waals surface area contributed by atoms with E-state index in [0.717, 1.165) is 25.9 Å². The zero-order chi connectivity index (χ0) is 11.3. The summed E-state index contributed by atoms with van der Waals surface area (Å²) in [5, 5.41) is 6.30. The molecule has 0 aliphatic carbocycles. The zero-order valence-corrected chi connectivity index (χ0v) is 9.93. The lowest BCUT2D eigenvalue weighted by molar-refractivity contribution is -0.126. The molecule has 1 heterocycles. The maximum absolute atomic E-state index is 11.7. The van der Waals surface area contributed by atoms with Crippen molar-refractivity contribution in [1.29, 1.82) is 0 Å². The van der Waals surface area contributed by atoms with Gasteiger partial charge in [0, 0.05) is 19.7 Å². The fraction of sp³-hybridized carbons (Fsp3) is 0.909. The van der Waals surface area contributed by atoms with Gasteiger partial charge in [-0.3, -0.25) is 4.79 Å². The largest absolute Gasteiger partial charge is 0.378 e. The van der Waals surface area contributed by atoms with Crippen LogP contribution in [0.3, 0.4) is 0 Å². The van der Waals surface area contributed by atoms with Crippen LogP contribution in [0.1, 0.15) is 33.1 Å². The first-order valence-corrected chi connectivity index (χ1v) is 5.59. The van der Waals surface area contributed by atoms with Gasteiger partial charge in [-0.1, -0.05) is 0 Å². The van der Waals surface area contributed by atoms with E-state index in [1.807, 2.05) is 13.8 Å². The number of methoxy groups -OCH3 is 1. The van der Waals surface area contributed by atoms with Gasteiger partial charge >= 0.3 is 0 Å². The Balaban J connectivity index is 2.28. The third-order valence-corrected chi connectivity index (χ3v) is 2.80. The van der Waals surface area contributed by atoms with Crippen molar-refractivity contribution >= 4 is 5.91 Å². The highest BCUT2D eigenvalue weighted by Crippen LogP contribution is 2.13. The molecule has 0 radical (unpaired) electrons. The second-order valence-corrected chi connectivity index (χ2v) is 4.75. The Kier molecular flexibility index (Phi) is 4.54. The second kappa shape index (κ2) is 5.47. The Morgan fingerprint density at radius 3 is 2.87 bits per heavy atom. The van der Waals surface area contributed by atoms with E-state index >= 15 is 0 Å². The second-order valence-electron chi connectivity index (χ2n) is 4.75. The van der Waals surface area contributed by atoms with Gasteiger partial charge in [0.2, 0.25) is 5.91 Å². The number of carbonyl (C=O) groups is 1. The number of ether oxygens (including phenoxy) is 1. The van der Waals surface area contributed by atoms with Crippen LogP contribution in [0.2, 0.25) is 0 Å². The molecule has 1 saturated heterocycles. The molecule has 0 aromatic heterocycles. The van der Waals surface area contributed by atoms with Crippen LogP contribution in [0.5, 0.6) is 0 Å². The number of amides is 1. The molecule has 1 atom stereocenters. The van der Waals surface area contributed by atoms with Crippen LogP contribution in [-0.2, 0) is 9.53 Å². The van der Waals surface area contributed by atoms with Gasteiger partial charge in [0.25, 0.3) is 0 Å². The van der Waals surface area contributed by atoms with E-state index in [4.69, 9.17) is 4.74 Å². The first kappa shape index (κ1) is 12.5. The smallest absolute Gasteiger partial charge is 0.223 e. The first-order chi connectivity index (χ1) is 7.03. The summed E-state index contributed by atoms with van der Waals surface area (Å²) >= 11 is 0. The summed E-state index contributed by atoms with van der Waals surface area (Å²) in [7, 11) is 1.63. The van der Waals surface area contributed by atoms with Crippen molar-refractivity contribution in [3.05, 3.63) is 0 Å². The molecule has 1 aliphatic heterocycles. The molecule has 0 aromatic rings. The molecule has 0 unspecified atom stereocenters. The third kappa shape index (κ3) is 4.62. The lowest BCUT2D eigenvalue weighted by atomic mass is 10.0. The van der Waals surface area contributed by atoms with Gasteiger partial charge in [0.05, 0.1) is 12.0 Å². The normalized spacial score (nSPS) is 22.5. The van der Waals surface area contributed by atoms with Gasteiger partial charge < -0.3 is 15.4 Å². The Labute approximate surface area is 91.8 Å². The van der Waals surface area contributed by atoms with Crippen LogP contribution in [0.15, 0.2) is 0 Å². The predicted octanol–water partition coefficient (Wildman–Crippen LogP) is 0.670. The average molecular weight is 214 g/mol. The van der Waals surface area contributed by atoms with Gasteiger partial charge in [-0.05, 0) is 33.2 Å². The number of nitrogens with one attached hydrogen (secondary N) is 2. The summed E-state index contributed by atoms with van der Waals surface area (Å²) in [6.45, 7) is 5.80. The SMILES string of the molecule is COC(C)(C)CC(=O)N[C@@H]1CCCNC1. The van der Waals surface area contributed by atoms with Crippen molar-refractivity contribution in [2.75, 3.05) is 20.2 Å². The molecule has 1 aliphatic rings. The minimum Gasteiger partial charge on any atom is -0.378 e. The molecule has 0 bridgehead atoms. The van der Waals surface area contributed by atoms with Crippen molar-refractivity contribution in [3.63, 3.8) is 0 Å². The summed E-state index contributed by atoms with van der Waals surface area (Å²) in [6.07, 6.45) is 2.63. The fourth-order valence-electron chi connectivity index (χ4n) is 1.71. The molecule has 88 valence electrons.